The lowest BCUT2D eigenvalue weighted by atomic mass is 10.1. The summed E-state index contributed by atoms with van der Waals surface area (Å²) in [6, 6.07) is 15.0. The SMILES string of the molecule is CCOc1ccccc1CN1CCN(c2ccc(F)cc2)CC1. The van der Waals surface area contributed by atoms with Gasteiger partial charge in [-0.3, -0.25) is 4.90 Å². The summed E-state index contributed by atoms with van der Waals surface area (Å²) >= 11 is 0. The number of anilines is 1. The van der Waals surface area contributed by atoms with E-state index in [1.807, 2.05) is 31.2 Å². The Morgan fingerprint density at radius 2 is 1.65 bits per heavy atom. The molecule has 0 unspecified atom stereocenters. The van der Waals surface area contributed by atoms with Crippen LogP contribution in [0.2, 0.25) is 0 Å². The molecule has 0 radical (unpaired) electrons. The molecule has 3 nitrogen and oxygen atoms in total. The van der Waals surface area contributed by atoms with Crippen LogP contribution < -0.4 is 9.64 Å². The summed E-state index contributed by atoms with van der Waals surface area (Å²) in [7, 11) is 0. The number of nitrogens with zero attached hydrogens (tertiary/aromatic N) is 2. The van der Waals surface area contributed by atoms with E-state index in [2.05, 4.69) is 21.9 Å². The van der Waals surface area contributed by atoms with Crippen LogP contribution in [0, 0.1) is 5.82 Å². The number of hydrogen-bond donors (Lipinski definition) is 0. The molecule has 0 aromatic heterocycles. The van der Waals surface area contributed by atoms with Crippen molar-refractivity contribution in [2.24, 2.45) is 0 Å². The first-order valence-electron chi connectivity index (χ1n) is 8.20. The van der Waals surface area contributed by atoms with Crippen LogP contribution in [-0.4, -0.2) is 37.7 Å². The van der Waals surface area contributed by atoms with Crippen LogP contribution in [0.3, 0.4) is 0 Å². The fraction of sp³-hybridized carbons (Fsp3) is 0.368. The van der Waals surface area contributed by atoms with Gasteiger partial charge in [-0.2, -0.15) is 0 Å². The van der Waals surface area contributed by atoms with Crippen molar-refractivity contribution in [3.63, 3.8) is 0 Å². The second kappa shape index (κ2) is 7.47. The minimum absolute atomic E-state index is 0.181. The number of rotatable bonds is 5. The Bertz CT molecular complexity index is 622. The van der Waals surface area contributed by atoms with Crippen LogP contribution in [-0.2, 0) is 6.54 Å². The van der Waals surface area contributed by atoms with Gasteiger partial charge in [0.1, 0.15) is 11.6 Å². The van der Waals surface area contributed by atoms with Crippen molar-refractivity contribution < 1.29 is 9.13 Å². The second-order valence-corrected chi connectivity index (χ2v) is 5.78. The summed E-state index contributed by atoms with van der Waals surface area (Å²) in [6.07, 6.45) is 0. The fourth-order valence-electron chi connectivity index (χ4n) is 2.99. The van der Waals surface area contributed by atoms with E-state index in [1.165, 1.54) is 17.7 Å². The Hall–Kier alpha value is -2.07. The van der Waals surface area contributed by atoms with Crippen molar-refractivity contribution in [1.82, 2.24) is 4.90 Å². The van der Waals surface area contributed by atoms with Crippen LogP contribution in [0.25, 0.3) is 0 Å². The van der Waals surface area contributed by atoms with Crippen molar-refractivity contribution in [1.29, 1.82) is 0 Å². The topological polar surface area (TPSA) is 15.7 Å². The Balaban J connectivity index is 1.58. The van der Waals surface area contributed by atoms with Gasteiger partial charge in [0, 0.05) is 44.0 Å². The molecule has 0 spiro atoms. The molecule has 0 aliphatic carbocycles. The van der Waals surface area contributed by atoms with Crippen molar-refractivity contribution >= 4 is 5.69 Å². The van der Waals surface area contributed by atoms with E-state index in [9.17, 15) is 4.39 Å². The molecule has 2 aromatic carbocycles. The van der Waals surface area contributed by atoms with Crippen molar-refractivity contribution in [3.05, 3.63) is 59.9 Å². The lowest BCUT2D eigenvalue weighted by Crippen LogP contribution is -2.46. The first kappa shape index (κ1) is 15.8. The lowest BCUT2D eigenvalue weighted by Gasteiger charge is -2.36. The van der Waals surface area contributed by atoms with Crippen LogP contribution in [0.15, 0.2) is 48.5 Å². The molecule has 0 bridgehead atoms. The Kier molecular flexibility index (Phi) is 5.13. The summed E-state index contributed by atoms with van der Waals surface area (Å²) in [5.41, 5.74) is 2.34. The minimum atomic E-state index is -0.181. The maximum absolute atomic E-state index is 13.0. The normalized spacial score (nSPS) is 15.7. The molecule has 4 heteroatoms. The quantitative estimate of drug-likeness (QED) is 0.839. The van der Waals surface area contributed by atoms with Gasteiger partial charge < -0.3 is 9.64 Å². The van der Waals surface area contributed by atoms with E-state index < -0.39 is 0 Å². The molecule has 2 aromatic rings. The van der Waals surface area contributed by atoms with Crippen LogP contribution >= 0.6 is 0 Å². The van der Waals surface area contributed by atoms with Gasteiger partial charge >= 0.3 is 0 Å². The highest BCUT2D eigenvalue weighted by Gasteiger charge is 2.18. The highest BCUT2D eigenvalue weighted by molar-refractivity contribution is 5.46. The van der Waals surface area contributed by atoms with Gasteiger partial charge in [0.15, 0.2) is 0 Å². The number of piperazine rings is 1. The van der Waals surface area contributed by atoms with Crippen LogP contribution in [0.1, 0.15) is 12.5 Å². The number of para-hydroxylation sites is 1. The fourth-order valence-corrected chi connectivity index (χ4v) is 2.99. The van der Waals surface area contributed by atoms with E-state index in [0.717, 1.165) is 44.2 Å². The first-order chi connectivity index (χ1) is 11.3. The molecule has 0 saturated carbocycles. The highest BCUT2D eigenvalue weighted by atomic mass is 19.1. The Morgan fingerprint density at radius 1 is 0.957 bits per heavy atom. The van der Waals surface area contributed by atoms with Gasteiger partial charge in [-0.15, -0.1) is 0 Å². The lowest BCUT2D eigenvalue weighted by molar-refractivity contribution is 0.243. The molecule has 1 saturated heterocycles. The molecule has 1 aliphatic rings. The zero-order valence-electron chi connectivity index (χ0n) is 13.5. The largest absolute Gasteiger partial charge is 0.494 e. The van der Waals surface area contributed by atoms with E-state index in [1.54, 1.807) is 0 Å². The summed E-state index contributed by atoms with van der Waals surface area (Å²) in [4.78, 5) is 4.75. The van der Waals surface area contributed by atoms with Crippen molar-refractivity contribution in [2.45, 2.75) is 13.5 Å². The number of hydrogen-bond acceptors (Lipinski definition) is 3. The van der Waals surface area contributed by atoms with E-state index >= 15 is 0 Å². The second-order valence-electron chi connectivity index (χ2n) is 5.78. The molecule has 0 atom stereocenters. The summed E-state index contributed by atoms with van der Waals surface area (Å²) in [5.74, 6) is 0.802. The van der Waals surface area contributed by atoms with Gasteiger partial charge in [-0.05, 0) is 37.3 Å². The third kappa shape index (κ3) is 4.02. The summed E-state index contributed by atoms with van der Waals surface area (Å²) in [5, 5.41) is 0. The molecule has 0 N–H and O–H groups in total. The molecule has 3 rings (SSSR count). The zero-order valence-corrected chi connectivity index (χ0v) is 13.5. The minimum Gasteiger partial charge on any atom is -0.494 e. The predicted octanol–water partition coefficient (Wildman–Crippen LogP) is 3.55. The van der Waals surface area contributed by atoms with Gasteiger partial charge in [0.2, 0.25) is 0 Å². The third-order valence-corrected chi connectivity index (χ3v) is 4.23. The molecule has 1 aliphatic heterocycles. The molecule has 1 heterocycles. The standard InChI is InChI=1S/C19H23FN2O/c1-2-23-19-6-4-3-5-16(19)15-21-11-13-22(14-12-21)18-9-7-17(20)8-10-18/h3-10H,2,11-15H2,1H3. The average Bonchev–Trinajstić information content (AvgIpc) is 2.58. The number of ether oxygens (including phenoxy) is 1. The summed E-state index contributed by atoms with van der Waals surface area (Å²) < 4.78 is 18.7. The summed E-state index contributed by atoms with van der Waals surface area (Å²) in [6.45, 7) is 7.53. The molecule has 0 amide bonds. The molecule has 1 fully saturated rings. The molecular formula is C19H23FN2O. The van der Waals surface area contributed by atoms with E-state index in [-0.39, 0.29) is 5.82 Å². The number of halogens is 1. The van der Waals surface area contributed by atoms with E-state index in [0.29, 0.717) is 6.61 Å². The zero-order chi connectivity index (χ0) is 16.1. The maximum Gasteiger partial charge on any atom is 0.123 e. The number of benzene rings is 2. The molecule has 122 valence electrons. The predicted molar refractivity (Wildman–Crippen MR) is 91.5 cm³/mol. The van der Waals surface area contributed by atoms with E-state index in [4.69, 9.17) is 4.74 Å². The highest BCUT2D eigenvalue weighted by Crippen LogP contribution is 2.22. The van der Waals surface area contributed by atoms with Gasteiger partial charge in [0.05, 0.1) is 6.61 Å². The molecule has 23 heavy (non-hydrogen) atoms. The smallest absolute Gasteiger partial charge is 0.123 e. The van der Waals surface area contributed by atoms with Gasteiger partial charge in [0.25, 0.3) is 0 Å². The van der Waals surface area contributed by atoms with Crippen LogP contribution in [0.4, 0.5) is 10.1 Å². The average molecular weight is 314 g/mol. The van der Waals surface area contributed by atoms with Crippen LogP contribution in [0.5, 0.6) is 5.75 Å². The monoisotopic (exact) mass is 314 g/mol. The van der Waals surface area contributed by atoms with Gasteiger partial charge in [-0.25, -0.2) is 4.39 Å². The molecular weight excluding hydrogens is 291 g/mol. The van der Waals surface area contributed by atoms with Crippen molar-refractivity contribution in [2.75, 3.05) is 37.7 Å². The van der Waals surface area contributed by atoms with Crippen molar-refractivity contribution in [3.8, 4) is 5.75 Å². The third-order valence-electron chi connectivity index (χ3n) is 4.23. The Labute approximate surface area is 137 Å². The first-order valence-corrected chi connectivity index (χ1v) is 8.20. The maximum atomic E-state index is 13.0. The van der Waals surface area contributed by atoms with Gasteiger partial charge in [-0.1, -0.05) is 18.2 Å². The Morgan fingerprint density at radius 3 is 2.35 bits per heavy atom.